The molecule has 0 fully saturated rings. The van der Waals surface area contributed by atoms with Crippen molar-refractivity contribution in [2.75, 3.05) is 6.61 Å². The summed E-state index contributed by atoms with van der Waals surface area (Å²) in [6.45, 7) is 2.95. The lowest BCUT2D eigenvalue weighted by Gasteiger charge is -2.25. The molecule has 1 heterocycles. The van der Waals surface area contributed by atoms with Gasteiger partial charge < -0.3 is 4.74 Å². The number of nitrogens with one attached hydrogen (secondary N) is 1. The van der Waals surface area contributed by atoms with Crippen molar-refractivity contribution in [3.8, 4) is 5.75 Å². The highest BCUT2D eigenvalue weighted by atomic mass is 16.5. The first-order valence-electron chi connectivity index (χ1n) is 7.63. The van der Waals surface area contributed by atoms with Gasteiger partial charge in [-0.15, -0.1) is 0 Å². The van der Waals surface area contributed by atoms with Crippen LogP contribution in [0.15, 0.2) is 42.5 Å². The summed E-state index contributed by atoms with van der Waals surface area (Å²) in [4.78, 5) is 0. The number of hydrogen-bond acceptors (Lipinski definition) is 3. The quantitative estimate of drug-likeness (QED) is 0.669. The van der Waals surface area contributed by atoms with Crippen LogP contribution in [0.3, 0.4) is 0 Å². The molecule has 0 bridgehead atoms. The maximum Gasteiger partial charge on any atom is 0.127 e. The van der Waals surface area contributed by atoms with Gasteiger partial charge in [0.05, 0.1) is 12.6 Å². The highest BCUT2D eigenvalue weighted by Gasteiger charge is 2.21. The Bertz CT molecular complexity index is 607. The first-order chi connectivity index (χ1) is 10.3. The molecule has 0 aromatic heterocycles. The Hall–Kier alpha value is -1.84. The van der Waals surface area contributed by atoms with E-state index in [0.29, 0.717) is 0 Å². The van der Waals surface area contributed by atoms with Crippen molar-refractivity contribution in [2.24, 2.45) is 5.84 Å². The summed E-state index contributed by atoms with van der Waals surface area (Å²) < 4.78 is 5.91. The Morgan fingerprint density at radius 2 is 2.00 bits per heavy atom. The lowest BCUT2D eigenvalue weighted by atomic mass is 9.93. The number of hydrogen-bond donors (Lipinski definition) is 2. The molecule has 3 rings (SSSR count). The number of nitrogens with two attached hydrogens (primary N) is 1. The fourth-order valence-electron chi connectivity index (χ4n) is 2.95. The molecule has 21 heavy (non-hydrogen) atoms. The van der Waals surface area contributed by atoms with Gasteiger partial charge in [-0.05, 0) is 36.0 Å². The minimum Gasteiger partial charge on any atom is -0.493 e. The number of benzene rings is 2. The van der Waals surface area contributed by atoms with Crippen molar-refractivity contribution in [2.45, 2.75) is 32.2 Å². The van der Waals surface area contributed by atoms with Crippen LogP contribution in [0.1, 0.15) is 41.6 Å². The lowest BCUT2D eigenvalue weighted by molar-refractivity contribution is 0.283. The van der Waals surface area contributed by atoms with Gasteiger partial charge in [-0.3, -0.25) is 5.84 Å². The van der Waals surface area contributed by atoms with E-state index in [1.807, 2.05) is 0 Å². The fourth-order valence-corrected chi connectivity index (χ4v) is 2.95. The van der Waals surface area contributed by atoms with Gasteiger partial charge in [0.1, 0.15) is 5.75 Å². The second kappa shape index (κ2) is 6.29. The molecule has 2 aromatic rings. The van der Waals surface area contributed by atoms with Gasteiger partial charge in [0.25, 0.3) is 0 Å². The SMILES string of the molecule is CCc1ccc(C(NN)c2cccc3c2OCCC3)cc1. The van der Waals surface area contributed by atoms with Crippen LogP contribution < -0.4 is 16.0 Å². The molecule has 0 saturated heterocycles. The minimum absolute atomic E-state index is 0.0380. The number of aryl methyl sites for hydroxylation is 2. The third kappa shape index (κ3) is 2.80. The van der Waals surface area contributed by atoms with E-state index in [9.17, 15) is 0 Å². The monoisotopic (exact) mass is 282 g/mol. The predicted octanol–water partition coefficient (Wildman–Crippen LogP) is 3.13. The molecule has 0 amide bonds. The second-order valence-electron chi connectivity index (χ2n) is 5.48. The van der Waals surface area contributed by atoms with Gasteiger partial charge in [0, 0.05) is 5.56 Å². The Morgan fingerprint density at radius 1 is 1.19 bits per heavy atom. The number of para-hydroxylation sites is 1. The third-order valence-corrected chi connectivity index (χ3v) is 4.16. The Kier molecular flexibility index (Phi) is 4.23. The van der Waals surface area contributed by atoms with Crippen molar-refractivity contribution in [1.29, 1.82) is 0 Å². The molecule has 0 saturated carbocycles. The van der Waals surface area contributed by atoms with Crippen LogP contribution >= 0.6 is 0 Å². The third-order valence-electron chi connectivity index (χ3n) is 4.16. The zero-order valence-corrected chi connectivity index (χ0v) is 12.4. The van der Waals surface area contributed by atoms with E-state index in [0.717, 1.165) is 42.7 Å². The Balaban J connectivity index is 1.99. The van der Waals surface area contributed by atoms with Crippen LogP contribution in [0.25, 0.3) is 0 Å². The van der Waals surface area contributed by atoms with E-state index < -0.39 is 0 Å². The summed E-state index contributed by atoms with van der Waals surface area (Å²) in [6, 6.07) is 14.9. The highest BCUT2D eigenvalue weighted by molar-refractivity contribution is 5.48. The van der Waals surface area contributed by atoms with Crippen molar-refractivity contribution >= 4 is 0 Å². The number of ether oxygens (including phenoxy) is 1. The summed E-state index contributed by atoms with van der Waals surface area (Å²) in [5.41, 5.74) is 7.85. The topological polar surface area (TPSA) is 47.3 Å². The molecular formula is C18H22N2O. The Labute approximate surface area is 126 Å². The van der Waals surface area contributed by atoms with Crippen LogP contribution in [0.4, 0.5) is 0 Å². The number of hydrazine groups is 1. The van der Waals surface area contributed by atoms with E-state index in [4.69, 9.17) is 10.6 Å². The standard InChI is InChI=1S/C18H22N2O/c1-2-13-8-10-14(11-9-13)17(20-19)16-7-3-5-15-6-4-12-21-18(15)16/h3,5,7-11,17,20H,2,4,6,12,19H2,1H3. The van der Waals surface area contributed by atoms with Crippen LogP contribution in [-0.4, -0.2) is 6.61 Å². The van der Waals surface area contributed by atoms with Gasteiger partial charge in [0.2, 0.25) is 0 Å². The molecule has 2 aromatic carbocycles. The van der Waals surface area contributed by atoms with Crippen LogP contribution in [-0.2, 0) is 12.8 Å². The van der Waals surface area contributed by atoms with E-state index >= 15 is 0 Å². The normalized spacial score (nSPS) is 15.1. The van der Waals surface area contributed by atoms with E-state index in [1.54, 1.807) is 0 Å². The second-order valence-corrected chi connectivity index (χ2v) is 5.48. The summed E-state index contributed by atoms with van der Waals surface area (Å²) >= 11 is 0. The zero-order valence-electron chi connectivity index (χ0n) is 12.4. The van der Waals surface area contributed by atoms with Crippen molar-refractivity contribution in [3.63, 3.8) is 0 Å². The summed E-state index contributed by atoms with van der Waals surface area (Å²) in [6.07, 6.45) is 3.21. The van der Waals surface area contributed by atoms with Gasteiger partial charge >= 0.3 is 0 Å². The summed E-state index contributed by atoms with van der Waals surface area (Å²) in [5, 5.41) is 0. The molecule has 1 aliphatic rings. The molecule has 0 radical (unpaired) electrons. The first-order valence-corrected chi connectivity index (χ1v) is 7.63. The summed E-state index contributed by atoms with van der Waals surface area (Å²) in [7, 11) is 0. The molecule has 3 heteroatoms. The van der Waals surface area contributed by atoms with Gasteiger partial charge in [-0.2, -0.15) is 0 Å². The maximum atomic E-state index is 5.91. The lowest BCUT2D eigenvalue weighted by Crippen LogP contribution is -2.29. The van der Waals surface area contributed by atoms with E-state index in [-0.39, 0.29) is 6.04 Å². The maximum absolute atomic E-state index is 5.91. The van der Waals surface area contributed by atoms with Crippen molar-refractivity contribution in [3.05, 3.63) is 64.7 Å². The van der Waals surface area contributed by atoms with E-state index in [2.05, 4.69) is 54.8 Å². The first kappa shape index (κ1) is 14.1. The fraction of sp³-hybridized carbons (Fsp3) is 0.333. The van der Waals surface area contributed by atoms with Crippen LogP contribution in [0.5, 0.6) is 5.75 Å². The smallest absolute Gasteiger partial charge is 0.127 e. The highest BCUT2D eigenvalue weighted by Crippen LogP contribution is 2.35. The van der Waals surface area contributed by atoms with Crippen LogP contribution in [0, 0.1) is 0 Å². The number of fused-ring (bicyclic) bond motifs is 1. The molecule has 0 aliphatic carbocycles. The molecular weight excluding hydrogens is 260 g/mol. The summed E-state index contributed by atoms with van der Waals surface area (Å²) in [5.74, 6) is 6.84. The zero-order chi connectivity index (χ0) is 14.7. The van der Waals surface area contributed by atoms with Crippen molar-refractivity contribution < 1.29 is 4.74 Å². The predicted molar refractivity (Wildman–Crippen MR) is 85.2 cm³/mol. The molecule has 1 unspecified atom stereocenters. The largest absolute Gasteiger partial charge is 0.493 e. The van der Waals surface area contributed by atoms with E-state index in [1.165, 1.54) is 11.1 Å². The van der Waals surface area contributed by atoms with Gasteiger partial charge in [0.15, 0.2) is 0 Å². The minimum atomic E-state index is -0.0380. The molecule has 3 nitrogen and oxygen atoms in total. The van der Waals surface area contributed by atoms with Gasteiger partial charge in [-0.1, -0.05) is 49.4 Å². The molecule has 110 valence electrons. The average molecular weight is 282 g/mol. The average Bonchev–Trinajstić information content (AvgIpc) is 2.56. The number of rotatable bonds is 4. The Morgan fingerprint density at radius 3 is 2.71 bits per heavy atom. The molecule has 1 atom stereocenters. The molecule has 1 aliphatic heterocycles. The van der Waals surface area contributed by atoms with Crippen molar-refractivity contribution in [1.82, 2.24) is 5.43 Å². The molecule has 3 N–H and O–H groups in total. The molecule has 0 spiro atoms. The van der Waals surface area contributed by atoms with Gasteiger partial charge in [-0.25, -0.2) is 5.43 Å². The van der Waals surface area contributed by atoms with Crippen LogP contribution in [0.2, 0.25) is 0 Å².